The van der Waals surface area contributed by atoms with Crippen molar-refractivity contribution in [1.29, 1.82) is 0 Å². The summed E-state index contributed by atoms with van der Waals surface area (Å²) in [4.78, 5) is 33.6. The first-order chi connectivity index (χ1) is 8.50. The van der Waals surface area contributed by atoms with Crippen LogP contribution < -0.4 is 10.6 Å². The summed E-state index contributed by atoms with van der Waals surface area (Å²) < 4.78 is 0. The Bertz CT molecular complexity index is 542. The molecule has 1 aromatic rings. The van der Waals surface area contributed by atoms with Gasteiger partial charge in [-0.3, -0.25) is 4.79 Å². The van der Waals surface area contributed by atoms with Crippen LogP contribution >= 0.6 is 23.7 Å². The van der Waals surface area contributed by atoms with Crippen LogP contribution in [0.3, 0.4) is 0 Å². The monoisotopic (exact) mass is 306 g/mol. The number of thiophene rings is 1. The number of amides is 1. The second-order valence-electron chi connectivity index (χ2n) is 3.70. The van der Waals surface area contributed by atoms with Crippen molar-refractivity contribution < 1.29 is 24.6 Å². The second kappa shape index (κ2) is 6.00. The van der Waals surface area contributed by atoms with E-state index in [2.05, 4.69) is 10.6 Å². The Morgan fingerprint density at radius 3 is 2.53 bits per heavy atom. The highest BCUT2D eigenvalue weighted by Crippen LogP contribution is 2.35. The molecule has 0 atom stereocenters. The Labute approximate surface area is 118 Å². The maximum absolute atomic E-state index is 11.2. The number of anilines is 1. The van der Waals surface area contributed by atoms with Crippen LogP contribution in [-0.4, -0.2) is 34.6 Å². The Balaban J connectivity index is 0.00000180. The lowest BCUT2D eigenvalue weighted by Crippen LogP contribution is -2.24. The Kier molecular flexibility index (Phi) is 4.87. The van der Waals surface area contributed by atoms with Gasteiger partial charge in [0.05, 0.1) is 5.56 Å². The average molecular weight is 307 g/mol. The number of fused-ring (bicyclic) bond motifs is 1. The predicted octanol–water partition coefficient (Wildman–Crippen LogP) is 0.537. The van der Waals surface area contributed by atoms with E-state index in [9.17, 15) is 14.4 Å². The van der Waals surface area contributed by atoms with Crippen LogP contribution in [0.15, 0.2) is 0 Å². The van der Waals surface area contributed by atoms with Gasteiger partial charge in [-0.2, -0.15) is 0 Å². The molecule has 0 saturated carbocycles. The van der Waals surface area contributed by atoms with Crippen molar-refractivity contribution in [1.82, 2.24) is 5.32 Å². The molecule has 1 aliphatic heterocycles. The lowest BCUT2D eigenvalue weighted by molar-refractivity contribution is -0.147. The van der Waals surface area contributed by atoms with Gasteiger partial charge in [-0.05, 0) is 18.5 Å². The molecule has 0 bridgehead atoms. The minimum absolute atomic E-state index is 0. The number of rotatable bonds is 2. The van der Waals surface area contributed by atoms with E-state index in [1.807, 2.05) is 0 Å². The molecule has 7 nitrogen and oxygen atoms in total. The molecule has 0 saturated heterocycles. The lowest BCUT2D eigenvalue weighted by atomic mass is 10.0. The zero-order valence-electron chi connectivity index (χ0n) is 9.56. The third kappa shape index (κ3) is 3.03. The van der Waals surface area contributed by atoms with E-state index < -0.39 is 17.8 Å². The summed E-state index contributed by atoms with van der Waals surface area (Å²) >= 11 is 1.10. The molecule has 0 unspecified atom stereocenters. The number of carboxylic acid groups (broad SMARTS) is 2. The summed E-state index contributed by atoms with van der Waals surface area (Å²) in [5, 5.41) is 22.9. The highest BCUT2D eigenvalue weighted by atomic mass is 35.5. The molecule has 4 N–H and O–H groups in total. The molecule has 0 aliphatic carbocycles. The van der Waals surface area contributed by atoms with Crippen LogP contribution in [0, 0.1) is 0 Å². The highest BCUT2D eigenvalue weighted by molar-refractivity contribution is 7.17. The topological polar surface area (TPSA) is 116 Å². The van der Waals surface area contributed by atoms with Crippen LogP contribution in [0.5, 0.6) is 0 Å². The molecule has 1 aromatic heterocycles. The summed E-state index contributed by atoms with van der Waals surface area (Å²) in [6, 6.07) is 0. The molecule has 2 heterocycles. The van der Waals surface area contributed by atoms with Gasteiger partial charge in [0.1, 0.15) is 5.00 Å². The standard InChI is InChI=1S/C10H10N2O5S.ClH/c13-7(10(16)17)12-8-6(9(14)15)4-1-2-11-3-5(4)18-8;/h11H,1-3H2,(H,12,13)(H,14,15)(H,16,17);1H. The van der Waals surface area contributed by atoms with Gasteiger partial charge in [-0.1, -0.05) is 0 Å². The Morgan fingerprint density at radius 1 is 1.26 bits per heavy atom. The van der Waals surface area contributed by atoms with E-state index in [0.29, 0.717) is 25.1 Å². The molecule has 0 spiro atoms. The first kappa shape index (κ1) is 15.4. The van der Waals surface area contributed by atoms with E-state index in [-0.39, 0.29) is 23.0 Å². The summed E-state index contributed by atoms with van der Waals surface area (Å²) in [5.41, 5.74) is 0.679. The van der Waals surface area contributed by atoms with Gasteiger partial charge in [-0.15, -0.1) is 23.7 Å². The van der Waals surface area contributed by atoms with Crippen molar-refractivity contribution in [3.8, 4) is 0 Å². The quantitative estimate of drug-likeness (QED) is 0.593. The van der Waals surface area contributed by atoms with Crippen molar-refractivity contribution in [2.45, 2.75) is 13.0 Å². The van der Waals surface area contributed by atoms with Crippen LogP contribution in [0.25, 0.3) is 0 Å². The van der Waals surface area contributed by atoms with Crippen LogP contribution in [-0.2, 0) is 22.6 Å². The molecule has 0 radical (unpaired) electrons. The number of hydrogen-bond donors (Lipinski definition) is 4. The summed E-state index contributed by atoms with van der Waals surface area (Å²) in [5.74, 6) is -4.03. The number of aliphatic carboxylic acids is 1. The number of carbonyl (C=O) groups is 3. The predicted molar refractivity (Wildman–Crippen MR) is 70.2 cm³/mol. The summed E-state index contributed by atoms with van der Waals surface area (Å²) in [6.45, 7) is 1.19. The molecular weight excluding hydrogens is 296 g/mol. The van der Waals surface area contributed by atoms with Crippen molar-refractivity contribution in [3.63, 3.8) is 0 Å². The normalized spacial score (nSPS) is 13.1. The van der Waals surface area contributed by atoms with Gasteiger partial charge in [-0.25, -0.2) is 9.59 Å². The van der Waals surface area contributed by atoms with Crippen molar-refractivity contribution in [3.05, 3.63) is 16.0 Å². The smallest absolute Gasteiger partial charge is 0.394 e. The molecule has 0 fully saturated rings. The number of nitrogens with one attached hydrogen (secondary N) is 2. The van der Waals surface area contributed by atoms with Crippen LogP contribution in [0.2, 0.25) is 0 Å². The molecule has 2 rings (SSSR count). The molecular formula is C10H11ClN2O5S. The fourth-order valence-corrected chi connectivity index (χ4v) is 3.01. The minimum atomic E-state index is -1.64. The van der Waals surface area contributed by atoms with E-state index in [4.69, 9.17) is 10.2 Å². The highest BCUT2D eigenvalue weighted by Gasteiger charge is 2.26. The van der Waals surface area contributed by atoms with E-state index in [1.54, 1.807) is 0 Å². The van der Waals surface area contributed by atoms with E-state index in [0.717, 1.165) is 16.2 Å². The Hall–Kier alpha value is -1.64. The maximum atomic E-state index is 11.2. The van der Waals surface area contributed by atoms with E-state index >= 15 is 0 Å². The molecule has 19 heavy (non-hydrogen) atoms. The largest absolute Gasteiger partial charge is 0.478 e. The fourth-order valence-electron chi connectivity index (χ4n) is 1.81. The number of carbonyl (C=O) groups excluding carboxylic acids is 1. The lowest BCUT2D eigenvalue weighted by Gasteiger charge is -2.12. The van der Waals surface area contributed by atoms with Crippen molar-refractivity contribution >= 4 is 46.6 Å². The Morgan fingerprint density at radius 2 is 1.95 bits per heavy atom. The molecule has 104 valence electrons. The first-order valence-electron chi connectivity index (χ1n) is 5.13. The zero-order valence-corrected chi connectivity index (χ0v) is 11.2. The van der Waals surface area contributed by atoms with Crippen molar-refractivity contribution in [2.75, 3.05) is 11.9 Å². The summed E-state index contributed by atoms with van der Waals surface area (Å²) in [7, 11) is 0. The number of hydrogen-bond acceptors (Lipinski definition) is 5. The molecule has 1 amide bonds. The van der Waals surface area contributed by atoms with Gasteiger partial charge < -0.3 is 20.8 Å². The molecule has 9 heteroatoms. The summed E-state index contributed by atoms with van der Waals surface area (Å²) in [6.07, 6.45) is 0.552. The molecule has 0 aromatic carbocycles. The molecule has 1 aliphatic rings. The van der Waals surface area contributed by atoms with Crippen molar-refractivity contribution in [2.24, 2.45) is 0 Å². The van der Waals surface area contributed by atoms with Gasteiger partial charge in [0, 0.05) is 11.4 Å². The van der Waals surface area contributed by atoms with E-state index in [1.165, 1.54) is 0 Å². The van der Waals surface area contributed by atoms with Gasteiger partial charge >= 0.3 is 17.8 Å². The fraction of sp³-hybridized carbons (Fsp3) is 0.300. The number of halogens is 1. The number of aromatic carboxylic acids is 1. The van der Waals surface area contributed by atoms with Gasteiger partial charge in [0.25, 0.3) is 0 Å². The first-order valence-corrected chi connectivity index (χ1v) is 5.95. The average Bonchev–Trinajstić information content (AvgIpc) is 2.66. The van der Waals surface area contributed by atoms with Crippen LogP contribution in [0.4, 0.5) is 5.00 Å². The second-order valence-corrected chi connectivity index (χ2v) is 4.80. The van der Waals surface area contributed by atoms with Gasteiger partial charge in [0.15, 0.2) is 0 Å². The maximum Gasteiger partial charge on any atom is 0.394 e. The van der Waals surface area contributed by atoms with Crippen LogP contribution in [0.1, 0.15) is 20.8 Å². The third-order valence-corrected chi connectivity index (χ3v) is 3.71. The minimum Gasteiger partial charge on any atom is -0.478 e. The number of carboxylic acids is 2. The SMILES string of the molecule is Cl.O=C(O)C(=O)Nc1sc2c(c1C(=O)O)CCNC2. The third-order valence-electron chi connectivity index (χ3n) is 2.56. The van der Waals surface area contributed by atoms with Gasteiger partial charge in [0.2, 0.25) is 0 Å². The zero-order chi connectivity index (χ0) is 13.3.